The molecule has 3 aromatic rings. The fourth-order valence-corrected chi connectivity index (χ4v) is 3.47. The highest BCUT2D eigenvalue weighted by molar-refractivity contribution is 7.99. The number of anilines is 1. The number of rotatable bonds is 5. The number of hydrogen-bond donors (Lipinski definition) is 1. The van der Waals surface area contributed by atoms with E-state index >= 15 is 0 Å². The summed E-state index contributed by atoms with van der Waals surface area (Å²) in [6.45, 7) is 3.89. The molecule has 3 rings (SSSR count). The van der Waals surface area contributed by atoms with E-state index < -0.39 is 11.7 Å². The maximum Gasteiger partial charge on any atom is 0.416 e. The molecule has 1 amide bonds. The van der Waals surface area contributed by atoms with Gasteiger partial charge in [-0.1, -0.05) is 35.5 Å². The second-order valence-corrected chi connectivity index (χ2v) is 7.23. The van der Waals surface area contributed by atoms with E-state index in [0.29, 0.717) is 10.8 Å². The monoisotopic (exact) mass is 405 g/mol. The molecule has 0 bridgehead atoms. The zero-order chi connectivity index (χ0) is 20.3. The van der Waals surface area contributed by atoms with Crippen LogP contribution in [0.25, 0.3) is 5.69 Å². The summed E-state index contributed by atoms with van der Waals surface area (Å²) in [5.41, 5.74) is 2.40. The summed E-state index contributed by atoms with van der Waals surface area (Å²) in [4.78, 5) is 16.4. The van der Waals surface area contributed by atoms with Crippen LogP contribution in [0.3, 0.4) is 0 Å². The Morgan fingerprint density at radius 3 is 2.68 bits per heavy atom. The maximum absolute atomic E-state index is 12.9. The molecule has 0 aliphatic heterocycles. The van der Waals surface area contributed by atoms with E-state index in [2.05, 4.69) is 10.3 Å². The molecule has 0 radical (unpaired) electrons. The largest absolute Gasteiger partial charge is 0.416 e. The number of hydrogen-bond acceptors (Lipinski definition) is 3. The zero-order valence-electron chi connectivity index (χ0n) is 15.2. The molecule has 0 saturated heterocycles. The van der Waals surface area contributed by atoms with Crippen LogP contribution in [-0.4, -0.2) is 21.2 Å². The van der Waals surface area contributed by atoms with Crippen molar-refractivity contribution in [3.05, 3.63) is 71.5 Å². The third-order valence-electron chi connectivity index (χ3n) is 4.05. The summed E-state index contributed by atoms with van der Waals surface area (Å²) >= 11 is 1.16. The van der Waals surface area contributed by atoms with Crippen molar-refractivity contribution in [2.45, 2.75) is 25.2 Å². The molecule has 2 aromatic carbocycles. The quantitative estimate of drug-likeness (QED) is 0.591. The molecule has 0 spiro atoms. The number of nitrogens with one attached hydrogen (secondary N) is 1. The maximum atomic E-state index is 12.9. The predicted octanol–water partition coefficient (Wildman–Crippen LogP) is 5.24. The number of benzene rings is 2. The standard InChI is InChI=1S/C20H18F3N3OS/c1-13-6-7-17(14(2)10-13)25-18(27)12-28-19-24-8-9-26(19)16-5-3-4-15(11-16)20(21,22)23/h3-11H,12H2,1-2H3,(H,25,27). The van der Waals surface area contributed by atoms with Crippen molar-refractivity contribution in [2.75, 3.05) is 11.1 Å². The van der Waals surface area contributed by atoms with Crippen molar-refractivity contribution in [3.8, 4) is 5.69 Å². The van der Waals surface area contributed by atoms with Crippen LogP contribution in [0.2, 0.25) is 0 Å². The van der Waals surface area contributed by atoms with E-state index in [1.807, 2.05) is 32.0 Å². The Hall–Kier alpha value is -2.74. The van der Waals surface area contributed by atoms with E-state index in [1.54, 1.807) is 12.3 Å². The van der Waals surface area contributed by atoms with Gasteiger partial charge in [-0.25, -0.2) is 4.98 Å². The molecule has 28 heavy (non-hydrogen) atoms. The lowest BCUT2D eigenvalue weighted by Crippen LogP contribution is -2.15. The predicted molar refractivity (Wildman–Crippen MR) is 104 cm³/mol. The van der Waals surface area contributed by atoms with Gasteiger partial charge in [0.25, 0.3) is 0 Å². The van der Waals surface area contributed by atoms with Gasteiger partial charge in [0.05, 0.1) is 11.3 Å². The lowest BCUT2D eigenvalue weighted by molar-refractivity contribution is -0.137. The molecule has 4 nitrogen and oxygen atoms in total. The molecule has 0 unspecified atom stereocenters. The molecule has 0 saturated carbocycles. The van der Waals surface area contributed by atoms with Gasteiger partial charge in [-0.3, -0.25) is 9.36 Å². The fraction of sp³-hybridized carbons (Fsp3) is 0.200. The van der Waals surface area contributed by atoms with Crippen LogP contribution in [0.15, 0.2) is 60.0 Å². The summed E-state index contributed by atoms with van der Waals surface area (Å²) < 4.78 is 40.4. The van der Waals surface area contributed by atoms with Crippen molar-refractivity contribution >= 4 is 23.4 Å². The van der Waals surface area contributed by atoms with Gasteiger partial charge in [-0.15, -0.1) is 0 Å². The number of imidazole rings is 1. The van der Waals surface area contributed by atoms with Gasteiger partial charge >= 0.3 is 6.18 Å². The van der Waals surface area contributed by atoms with Crippen LogP contribution in [0.4, 0.5) is 18.9 Å². The third kappa shape index (κ3) is 4.75. The van der Waals surface area contributed by atoms with Gasteiger partial charge in [0, 0.05) is 23.8 Å². The highest BCUT2D eigenvalue weighted by Crippen LogP contribution is 2.31. The highest BCUT2D eigenvalue weighted by atomic mass is 32.2. The molecule has 8 heteroatoms. The number of aromatic nitrogens is 2. The molecule has 1 aromatic heterocycles. The molecule has 0 aliphatic carbocycles. The normalized spacial score (nSPS) is 11.5. The van der Waals surface area contributed by atoms with Crippen molar-refractivity contribution in [1.29, 1.82) is 0 Å². The molecule has 0 aliphatic rings. The molecule has 146 valence electrons. The smallest absolute Gasteiger partial charge is 0.325 e. The first-order chi connectivity index (χ1) is 13.2. The zero-order valence-corrected chi connectivity index (χ0v) is 16.1. The van der Waals surface area contributed by atoms with Crippen LogP contribution < -0.4 is 5.32 Å². The van der Waals surface area contributed by atoms with E-state index in [-0.39, 0.29) is 11.7 Å². The number of amides is 1. The Kier molecular flexibility index (Phi) is 5.79. The van der Waals surface area contributed by atoms with Gasteiger partial charge in [-0.2, -0.15) is 13.2 Å². The molecular weight excluding hydrogens is 387 g/mol. The Balaban J connectivity index is 1.70. The van der Waals surface area contributed by atoms with Crippen LogP contribution in [0, 0.1) is 13.8 Å². The minimum atomic E-state index is -4.42. The average Bonchev–Trinajstić information content (AvgIpc) is 3.10. The second kappa shape index (κ2) is 8.10. The van der Waals surface area contributed by atoms with E-state index in [4.69, 9.17) is 0 Å². The number of thioether (sulfide) groups is 1. The van der Waals surface area contributed by atoms with Gasteiger partial charge in [0.15, 0.2) is 5.16 Å². The molecule has 1 N–H and O–H groups in total. The van der Waals surface area contributed by atoms with Crippen LogP contribution in [0.1, 0.15) is 16.7 Å². The van der Waals surface area contributed by atoms with Crippen molar-refractivity contribution in [3.63, 3.8) is 0 Å². The lowest BCUT2D eigenvalue weighted by atomic mass is 10.1. The summed E-state index contributed by atoms with van der Waals surface area (Å²) in [5, 5.41) is 3.28. The summed E-state index contributed by atoms with van der Waals surface area (Å²) in [5.74, 6) is -0.126. The molecule has 0 fully saturated rings. The van der Waals surface area contributed by atoms with Gasteiger partial charge in [-0.05, 0) is 43.7 Å². The first-order valence-electron chi connectivity index (χ1n) is 8.45. The highest BCUT2D eigenvalue weighted by Gasteiger charge is 2.30. The van der Waals surface area contributed by atoms with Crippen LogP contribution >= 0.6 is 11.8 Å². The fourth-order valence-electron chi connectivity index (χ4n) is 2.70. The van der Waals surface area contributed by atoms with Crippen molar-refractivity contribution in [2.24, 2.45) is 0 Å². The first kappa shape index (κ1) is 20.0. The Labute approximate surface area is 164 Å². The summed E-state index contributed by atoms with van der Waals surface area (Å²) in [7, 11) is 0. The van der Waals surface area contributed by atoms with Crippen LogP contribution in [0.5, 0.6) is 0 Å². The first-order valence-corrected chi connectivity index (χ1v) is 9.43. The number of carbonyl (C=O) groups excluding carboxylic acids is 1. The summed E-state index contributed by atoms with van der Waals surface area (Å²) in [6, 6.07) is 10.7. The van der Waals surface area contributed by atoms with E-state index in [9.17, 15) is 18.0 Å². The van der Waals surface area contributed by atoms with E-state index in [1.165, 1.54) is 16.8 Å². The Morgan fingerprint density at radius 2 is 1.96 bits per heavy atom. The SMILES string of the molecule is Cc1ccc(NC(=O)CSc2nccn2-c2cccc(C(F)(F)F)c2)c(C)c1. The minimum Gasteiger partial charge on any atom is -0.325 e. The Morgan fingerprint density at radius 1 is 1.18 bits per heavy atom. The van der Waals surface area contributed by atoms with Crippen molar-refractivity contribution < 1.29 is 18.0 Å². The number of nitrogens with zero attached hydrogens (tertiary/aromatic N) is 2. The van der Waals surface area contributed by atoms with Crippen molar-refractivity contribution in [1.82, 2.24) is 9.55 Å². The number of aryl methyl sites for hydroxylation is 2. The second-order valence-electron chi connectivity index (χ2n) is 6.28. The van der Waals surface area contributed by atoms with Gasteiger partial charge < -0.3 is 5.32 Å². The number of carbonyl (C=O) groups is 1. The molecule has 1 heterocycles. The number of alkyl halides is 3. The van der Waals surface area contributed by atoms with E-state index in [0.717, 1.165) is 40.7 Å². The van der Waals surface area contributed by atoms with Crippen LogP contribution in [-0.2, 0) is 11.0 Å². The topological polar surface area (TPSA) is 46.9 Å². The molecular formula is C20H18F3N3OS. The minimum absolute atomic E-state index is 0.0866. The number of halogens is 3. The van der Waals surface area contributed by atoms with Gasteiger partial charge in [0.2, 0.25) is 5.91 Å². The third-order valence-corrected chi connectivity index (χ3v) is 5.01. The lowest BCUT2D eigenvalue weighted by Gasteiger charge is -2.12. The summed E-state index contributed by atoms with van der Waals surface area (Å²) in [6.07, 6.45) is -1.36. The van der Waals surface area contributed by atoms with Gasteiger partial charge in [0.1, 0.15) is 0 Å². The average molecular weight is 405 g/mol. The molecule has 0 atom stereocenters. The Bertz CT molecular complexity index is 998.